The zero-order valence-electron chi connectivity index (χ0n) is 10.8. The van der Waals surface area contributed by atoms with E-state index in [9.17, 15) is 19.5 Å². The first-order valence-corrected chi connectivity index (χ1v) is 6.42. The van der Waals surface area contributed by atoms with Crippen LogP contribution < -0.4 is 10.6 Å². The Morgan fingerprint density at radius 3 is 2.60 bits per heavy atom. The lowest BCUT2D eigenvalue weighted by molar-refractivity contribution is -0.143. The summed E-state index contributed by atoms with van der Waals surface area (Å²) in [5.74, 6) is -2.15. The molecular formula is C14H16N2O4. The number of carbonyl (C=O) groups is 3. The lowest BCUT2D eigenvalue weighted by Crippen LogP contribution is -2.43. The standard InChI is InChI=1S/C14H16N2O4/c17-11-8-10(6-7-15-11)13(18)16-12(14(19)20)9-4-2-1-3-5-9/h1-5,10,12H,6-8H2,(H,15,17)(H,16,18)(H,19,20)/t10?,12-/m0/s1. The van der Waals surface area contributed by atoms with E-state index in [1.165, 1.54) is 0 Å². The maximum atomic E-state index is 12.1. The molecule has 1 heterocycles. The molecule has 20 heavy (non-hydrogen) atoms. The maximum absolute atomic E-state index is 12.1. The molecule has 1 aliphatic rings. The van der Waals surface area contributed by atoms with Crippen LogP contribution >= 0.6 is 0 Å². The van der Waals surface area contributed by atoms with Crippen molar-refractivity contribution < 1.29 is 19.5 Å². The fraction of sp³-hybridized carbons (Fsp3) is 0.357. The number of nitrogens with one attached hydrogen (secondary N) is 2. The van der Waals surface area contributed by atoms with Crippen molar-refractivity contribution in [2.24, 2.45) is 5.92 Å². The first-order valence-electron chi connectivity index (χ1n) is 6.42. The van der Waals surface area contributed by atoms with Crippen molar-refractivity contribution in [1.29, 1.82) is 0 Å². The molecule has 1 aromatic carbocycles. The minimum Gasteiger partial charge on any atom is -0.479 e. The number of carboxylic acid groups (broad SMARTS) is 1. The average molecular weight is 276 g/mol. The predicted molar refractivity (Wildman–Crippen MR) is 70.7 cm³/mol. The quantitative estimate of drug-likeness (QED) is 0.744. The van der Waals surface area contributed by atoms with Gasteiger partial charge in [-0.05, 0) is 12.0 Å². The summed E-state index contributed by atoms with van der Waals surface area (Å²) in [5, 5.41) is 14.4. The van der Waals surface area contributed by atoms with Crippen LogP contribution in [0.1, 0.15) is 24.4 Å². The number of hydrogen-bond donors (Lipinski definition) is 3. The summed E-state index contributed by atoms with van der Waals surface area (Å²) in [4.78, 5) is 34.6. The van der Waals surface area contributed by atoms with E-state index in [0.29, 0.717) is 18.5 Å². The van der Waals surface area contributed by atoms with E-state index in [-0.39, 0.29) is 12.3 Å². The topological polar surface area (TPSA) is 95.5 Å². The number of hydrogen-bond acceptors (Lipinski definition) is 3. The van der Waals surface area contributed by atoms with Crippen molar-refractivity contribution in [1.82, 2.24) is 10.6 Å². The molecular weight excluding hydrogens is 260 g/mol. The van der Waals surface area contributed by atoms with Crippen LogP contribution in [0.5, 0.6) is 0 Å². The summed E-state index contributed by atoms with van der Waals surface area (Å²) >= 11 is 0. The Morgan fingerprint density at radius 1 is 1.30 bits per heavy atom. The van der Waals surface area contributed by atoms with Crippen LogP contribution in [0.25, 0.3) is 0 Å². The van der Waals surface area contributed by atoms with E-state index >= 15 is 0 Å². The molecule has 6 heteroatoms. The molecule has 0 aliphatic carbocycles. The maximum Gasteiger partial charge on any atom is 0.330 e. The fourth-order valence-electron chi connectivity index (χ4n) is 2.20. The second kappa shape index (κ2) is 6.18. The smallest absolute Gasteiger partial charge is 0.330 e. The third-order valence-electron chi connectivity index (χ3n) is 3.28. The van der Waals surface area contributed by atoms with Crippen molar-refractivity contribution in [2.45, 2.75) is 18.9 Å². The van der Waals surface area contributed by atoms with Gasteiger partial charge >= 0.3 is 5.97 Å². The van der Waals surface area contributed by atoms with Crippen molar-refractivity contribution in [3.63, 3.8) is 0 Å². The molecule has 106 valence electrons. The number of aliphatic carboxylic acids is 1. The molecule has 1 aliphatic heterocycles. The predicted octanol–water partition coefficient (Wildman–Crippen LogP) is 0.455. The highest BCUT2D eigenvalue weighted by atomic mass is 16.4. The van der Waals surface area contributed by atoms with Crippen LogP contribution in [-0.4, -0.2) is 29.4 Å². The third kappa shape index (κ3) is 3.34. The third-order valence-corrected chi connectivity index (χ3v) is 3.28. The Hall–Kier alpha value is -2.37. The molecule has 1 unspecified atom stereocenters. The highest BCUT2D eigenvalue weighted by Crippen LogP contribution is 2.17. The summed E-state index contributed by atoms with van der Waals surface area (Å²) in [6, 6.07) is 7.40. The number of piperidine rings is 1. The number of carbonyl (C=O) groups excluding carboxylic acids is 2. The van der Waals surface area contributed by atoms with Crippen molar-refractivity contribution in [2.75, 3.05) is 6.54 Å². The molecule has 1 fully saturated rings. The Balaban J connectivity index is 2.07. The average Bonchev–Trinajstić information content (AvgIpc) is 2.45. The van der Waals surface area contributed by atoms with Crippen LogP contribution in [0.15, 0.2) is 30.3 Å². The van der Waals surface area contributed by atoms with Gasteiger partial charge in [-0.3, -0.25) is 9.59 Å². The van der Waals surface area contributed by atoms with E-state index < -0.39 is 23.8 Å². The van der Waals surface area contributed by atoms with Gasteiger partial charge in [0.05, 0.1) is 0 Å². The van der Waals surface area contributed by atoms with Gasteiger partial charge in [0, 0.05) is 18.9 Å². The van der Waals surface area contributed by atoms with Gasteiger partial charge in [0.25, 0.3) is 0 Å². The number of benzene rings is 1. The van der Waals surface area contributed by atoms with E-state index in [1.54, 1.807) is 30.3 Å². The minimum atomic E-state index is -1.12. The van der Waals surface area contributed by atoms with Gasteiger partial charge in [-0.1, -0.05) is 30.3 Å². The Morgan fingerprint density at radius 2 is 2.00 bits per heavy atom. The van der Waals surface area contributed by atoms with Gasteiger partial charge in [-0.15, -0.1) is 0 Å². The lowest BCUT2D eigenvalue weighted by atomic mass is 9.95. The highest BCUT2D eigenvalue weighted by Gasteiger charge is 2.29. The highest BCUT2D eigenvalue weighted by molar-refractivity contribution is 5.89. The van der Waals surface area contributed by atoms with Crippen LogP contribution in [0, 0.1) is 5.92 Å². The summed E-state index contributed by atoms with van der Waals surface area (Å²) in [6.07, 6.45) is 0.631. The molecule has 2 atom stereocenters. The molecule has 0 aromatic heterocycles. The summed E-state index contributed by atoms with van der Waals surface area (Å²) in [5.41, 5.74) is 0.508. The molecule has 3 N–H and O–H groups in total. The largest absolute Gasteiger partial charge is 0.479 e. The summed E-state index contributed by atoms with van der Waals surface area (Å²) in [6.45, 7) is 0.444. The Labute approximate surface area is 116 Å². The molecule has 0 saturated carbocycles. The zero-order chi connectivity index (χ0) is 14.5. The SMILES string of the molecule is O=C1CC(C(=O)N[C@H](C(=O)O)c2ccccc2)CCN1. The van der Waals surface area contributed by atoms with Crippen molar-refractivity contribution in [3.05, 3.63) is 35.9 Å². The molecule has 2 amide bonds. The number of carboxylic acids is 1. The molecule has 6 nitrogen and oxygen atoms in total. The monoisotopic (exact) mass is 276 g/mol. The first kappa shape index (κ1) is 14.0. The van der Waals surface area contributed by atoms with Gasteiger partial charge in [-0.2, -0.15) is 0 Å². The van der Waals surface area contributed by atoms with Gasteiger partial charge < -0.3 is 15.7 Å². The molecule has 1 aromatic rings. The van der Waals surface area contributed by atoms with E-state index in [2.05, 4.69) is 10.6 Å². The van der Waals surface area contributed by atoms with Crippen LogP contribution in [-0.2, 0) is 14.4 Å². The Bertz CT molecular complexity index is 515. The number of rotatable bonds is 4. The van der Waals surface area contributed by atoms with Gasteiger partial charge in [0.15, 0.2) is 6.04 Å². The van der Waals surface area contributed by atoms with E-state index in [4.69, 9.17) is 0 Å². The van der Waals surface area contributed by atoms with E-state index in [0.717, 1.165) is 0 Å². The zero-order valence-corrected chi connectivity index (χ0v) is 10.8. The van der Waals surface area contributed by atoms with Crippen LogP contribution in [0.4, 0.5) is 0 Å². The summed E-state index contributed by atoms with van der Waals surface area (Å²) < 4.78 is 0. The minimum absolute atomic E-state index is 0.104. The molecule has 2 rings (SSSR count). The van der Waals surface area contributed by atoms with Crippen molar-refractivity contribution >= 4 is 17.8 Å². The fourth-order valence-corrected chi connectivity index (χ4v) is 2.20. The van der Waals surface area contributed by atoms with Crippen LogP contribution in [0.3, 0.4) is 0 Å². The normalized spacial score (nSPS) is 19.8. The first-order chi connectivity index (χ1) is 9.58. The number of amides is 2. The second-order valence-corrected chi connectivity index (χ2v) is 4.73. The second-order valence-electron chi connectivity index (χ2n) is 4.73. The van der Waals surface area contributed by atoms with E-state index in [1.807, 2.05) is 0 Å². The Kier molecular flexibility index (Phi) is 4.34. The van der Waals surface area contributed by atoms with Gasteiger partial charge in [0.1, 0.15) is 0 Å². The molecule has 0 spiro atoms. The molecule has 1 saturated heterocycles. The summed E-state index contributed by atoms with van der Waals surface area (Å²) in [7, 11) is 0. The van der Waals surface area contributed by atoms with Crippen LogP contribution in [0.2, 0.25) is 0 Å². The lowest BCUT2D eigenvalue weighted by Gasteiger charge is -2.23. The molecule has 0 bridgehead atoms. The molecule has 0 radical (unpaired) electrons. The van der Waals surface area contributed by atoms with Gasteiger partial charge in [-0.25, -0.2) is 4.79 Å². The van der Waals surface area contributed by atoms with Crippen molar-refractivity contribution in [3.8, 4) is 0 Å². The van der Waals surface area contributed by atoms with Gasteiger partial charge in [0.2, 0.25) is 11.8 Å².